The molecule has 0 spiro atoms. The van der Waals surface area contributed by atoms with Crippen LogP contribution in [0.15, 0.2) is 54.7 Å². The summed E-state index contributed by atoms with van der Waals surface area (Å²) in [5.41, 5.74) is 1.12. The van der Waals surface area contributed by atoms with Gasteiger partial charge in [-0.3, -0.25) is 4.79 Å². The van der Waals surface area contributed by atoms with Crippen LogP contribution in [0.5, 0.6) is 0 Å². The molecule has 0 aliphatic carbocycles. The van der Waals surface area contributed by atoms with Crippen LogP contribution in [0, 0.1) is 0 Å². The van der Waals surface area contributed by atoms with E-state index in [0.717, 1.165) is 0 Å². The lowest BCUT2D eigenvalue weighted by Crippen LogP contribution is -2.18. The number of amides is 1. The molecule has 2 aromatic carbocycles. The highest BCUT2D eigenvalue weighted by molar-refractivity contribution is 6.42. The molecule has 0 aliphatic rings. The second kappa shape index (κ2) is 8.24. The molecule has 0 unspecified atom stereocenters. The van der Waals surface area contributed by atoms with Crippen LogP contribution >= 0.6 is 23.2 Å². The molecule has 1 heterocycles. The van der Waals surface area contributed by atoms with Gasteiger partial charge in [0.1, 0.15) is 5.56 Å². The van der Waals surface area contributed by atoms with Crippen LogP contribution in [-0.4, -0.2) is 28.3 Å². The van der Waals surface area contributed by atoms with Gasteiger partial charge in [-0.05, 0) is 37.3 Å². The van der Waals surface area contributed by atoms with Crippen LogP contribution in [0.1, 0.15) is 27.6 Å². The number of nitrogens with zero attached hydrogens (tertiary/aromatic N) is 2. The molecule has 138 valence electrons. The first-order chi connectivity index (χ1) is 13.0. The van der Waals surface area contributed by atoms with Crippen molar-refractivity contribution in [3.05, 3.63) is 75.9 Å². The van der Waals surface area contributed by atoms with Crippen LogP contribution in [0.3, 0.4) is 0 Å². The lowest BCUT2D eigenvalue weighted by Gasteiger charge is -2.11. The fourth-order valence-corrected chi connectivity index (χ4v) is 2.71. The minimum absolute atomic E-state index is 0.147. The van der Waals surface area contributed by atoms with Crippen molar-refractivity contribution >= 4 is 40.9 Å². The van der Waals surface area contributed by atoms with Gasteiger partial charge in [-0.25, -0.2) is 9.48 Å². The van der Waals surface area contributed by atoms with Gasteiger partial charge >= 0.3 is 5.97 Å². The Kier molecular flexibility index (Phi) is 5.78. The fourth-order valence-electron chi connectivity index (χ4n) is 2.41. The van der Waals surface area contributed by atoms with Gasteiger partial charge in [0, 0.05) is 5.56 Å². The van der Waals surface area contributed by atoms with Crippen LogP contribution in [0.25, 0.3) is 5.69 Å². The average molecular weight is 404 g/mol. The molecule has 6 nitrogen and oxygen atoms in total. The molecule has 0 bridgehead atoms. The largest absolute Gasteiger partial charge is 0.462 e. The van der Waals surface area contributed by atoms with E-state index in [1.54, 1.807) is 19.1 Å². The molecule has 0 atom stereocenters. The van der Waals surface area contributed by atoms with Crippen LogP contribution < -0.4 is 5.32 Å². The summed E-state index contributed by atoms with van der Waals surface area (Å²) in [7, 11) is 0. The van der Waals surface area contributed by atoms with Crippen LogP contribution in [0.2, 0.25) is 10.0 Å². The lowest BCUT2D eigenvalue weighted by molar-refractivity contribution is 0.0527. The standard InChI is InChI=1S/C19H15Cl2N3O3/c1-2-27-19(26)14-11-22-24(13-6-4-3-5-7-13)17(14)23-18(25)12-8-9-15(20)16(21)10-12/h3-11H,2H2,1H3,(H,23,25). The third-order valence-electron chi connectivity index (χ3n) is 3.68. The van der Waals surface area contributed by atoms with Crippen LogP contribution in [-0.2, 0) is 4.74 Å². The van der Waals surface area contributed by atoms with E-state index in [-0.39, 0.29) is 23.0 Å². The zero-order chi connectivity index (χ0) is 19.4. The maximum Gasteiger partial charge on any atom is 0.343 e. The van der Waals surface area contributed by atoms with E-state index in [1.165, 1.54) is 29.1 Å². The molecule has 0 radical (unpaired) electrons. The number of para-hydroxylation sites is 1. The molecule has 0 saturated carbocycles. The highest BCUT2D eigenvalue weighted by Gasteiger charge is 2.22. The summed E-state index contributed by atoms with van der Waals surface area (Å²) >= 11 is 11.9. The second-order valence-corrected chi connectivity index (χ2v) is 6.27. The van der Waals surface area contributed by atoms with Gasteiger partial charge in [0.15, 0.2) is 5.82 Å². The van der Waals surface area contributed by atoms with E-state index in [0.29, 0.717) is 16.3 Å². The minimum atomic E-state index is -0.580. The first kappa shape index (κ1) is 18.9. The number of ether oxygens (including phenoxy) is 1. The summed E-state index contributed by atoms with van der Waals surface area (Å²) in [4.78, 5) is 24.9. The predicted molar refractivity (Wildman–Crippen MR) is 104 cm³/mol. The van der Waals surface area contributed by atoms with Crippen molar-refractivity contribution in [3.8, 4) is 5.69 Å². The Morgan fingerprint density at radius 3 is 2.52 bits per heavy atom. The fraction of sp³-hybridized carbons (Fsp3) is 0.105. The van der Waals surface area contributed by atoms with E-state index in [4.69, 9.17) is 27.9 Å². The molecule has 0 fully saturated rings. The van der Waals surface area contributed by atoms with Gasteiger partial charge in [0.2, 0.25) is 0 Å². The highest BCUT2D eigenvalue weighted by Crippen LogP contribution is 2.25. The molecule has 27 heavy (non-hydrogen) atoms. The molecule has 1 aromatic heterocycles. The lowest BCUT2D eigenvalue weighted by atomic mass is 10.2. The predicted octanol–water partition coefficient (Wildman–Crippen LogP) is 4.61. The first-order valence-electron chi connectivity index (χ1n) is 8.08. The smallest absolute Gasteiger partial charge is 0.343 e. The normalized spacial score (nSPS) is 10.5. The Morgan fingerprint density at radius 2 is 1.85 bits per heavy atom. The van der Waals surface area contributed by atoms with Crippen molar-refractivity contribution in [2.75, 3.05) is 11.9 Å². The number of rotatable bonds is 5. The van der Waals surface area contributed by atoms with Crippen molar-refractivity contribution in [2.24, 2.45) is 0 Å². The molecule has 8 heteroatoms. The zero-order valence-corrected chi connectivity index (χ0v) is 15.8. The van der Waals surface area contributed by atoms with E-state index >= 15 is 0 Å². The van der Waals surface area contributed by atoms with E-state index in [1.807, 2.05) is 18.2 Å². The number of anilines is 1. The van der Waals surface area contributed by atoms with Crippen molar-refractivity contribution < 1.29 is 14.3 Å². The highest BCUT2D eigenvalue weighted by atomic mass is 35.5. The number of carbonyl (C=O) groups excluding carboxylic acids is 2. The molecule has 1 N–H and O–H groups in total. The topological polar surface area (TPSA) is 73.2 Å². The summed E-state index contributed by atoms with van der Waals surface area (Å²) in [6.45, 7) is 1.91. The molecule has 3 rings (SSSR count). The number of benzene rings is 2. The summed E-state index contributed by atoms with van der Waals surface area (Å²) in [6, 6.07) is 13.6. The molecular formula is C19H15Cl2N3O3. The monoisotopic (exact) mass is 403 g/mol. The Hall–Kier alpha value is -2.83. The number of hydrogen-bond acceptors (Lipinski definition) is 4. The van der Waals surface area contributed by atoms with Crippen molar-refractivity contribution in [2.45, 2.75) is 6.92 Å². The summed E-state index contributed by atoms with van der Waals surface area (Å²) < 4.78 is 6.52. The number of aromatic nitrogens is 2. The Bertz CT molecular complexity index is 987. The van der Waals surface area contributed by atoms with E-state index in [2.05, 4.69) is 10.4 Å². The minimum Gasteiger partial charge on any atom is -0.462 e. The van der Waals surface area contributed by atoms with E-state index < -0.39 is 11.9 Å². The number of carbonyl (C=O) groups is 2. The summed E-state index contributed by atoms with van der Waals surface area (Å²) in [5.74, 6) is -0.836. The van der Waals surface area contributed by atoms with Gasteiger partial charge in [-0.1, -0.05) is 41.4 Å². The van der Waals surface area contributed by atoms with Gasteiger partial charge in [0.05, 0.1) is 28.5 Å². The number of hydrogen-bond donors (Lipinski definition) is 1. The number of nitrogens with one attached hydrogen (secondary N) is 1. The summed E-state index contributed by atoms with van der Waals surface area (Å²) in [5, 5.41) is 7.54. The molecule has 0 aliphatic heterocycles. The Morgan fingerprint density at radius 1 is 1.11 bits per heavy atom. The van der Waals surface area contributed by atoms with Gasteiger partial charge in [-0.15, -0.1) is 0 Å². The second-order valence-electron chi connectivity index (χ2n) is 5.46. The van der Waals surface area contributed by atoms with Crippen molar-refractivity contribution in [1.29, 1.82) is 0 Å². The maximum atomic E-state index is 12.7. The molecule has 0 saturated heterocycles. The van der Waals surface area contributed by atoms with Crippen molar-refractivity contribution in [3.63, 3.8) is 0 Å². The molecular weight excluding hydrogens is 389 g/mol. The first-order valence-corrected chi connectivity index (χ1v) is 8.83. The molecule has 1 amide bonds. The third kappa shape index (κ3) is 4.13. The quantitative estimate of drug-likeness (QED) is 0.631. The number of esters is 1. The zero-order valence-electron chi connectivity index (χ0n) is 14.3. The van der Waals surface area contributed by atoms with Crippen molar-refractivity contribution in [1.82, 2.24) is 9.78 Å². The van der Waals surface area contributed by atoms with Crippen LogP contribution in [0.4, 0.5) is 5.82 Å². The molecule has 3 aromatic rings. The average Bonchev–Trinajstić information content (AvgIpc) is 3.08. The van der Waals surface area contributed by atoms with Gasteiger partial charge < -0.3 is 10.1 Å². The third-order valence-corrected chi connectivity index (χ3v) is 4.42. The Balaban J connectivity index is 2.01. The van der Waals surface area contributed by atoms with E-state index in [9.17, 15) is 9.59 Å². The number of halogens is 2. The van der Waals surface area contributed by atoms with Gasteiger partial charge in [0.25, 0.3) is 5.91 Å². The SMILES string of the molecule is CCOC(=O)c1cnn(-c2ccccc2)c1NC(=O)c1ccc(Cl)c(Cl)c1. The van der Waals surface area contributed by atoms with Gasteiger partial charge in [-0.2, -0.15) is 5.10 Å². The Labute approximate surface area is 165 Å². The summed E-state index contributed by atoms with van der Waals surface area (Å²) in [6.07, 6.45) is 1.36. The maximum absolute atomic E-state index is 12.7.